The Balaban J connectivity index is 2.05. The van der Waals surface area contributed by atoms with Crippen LogP contribution in [0.25, 0.3) is 0 Å². The number of sulfonamides is 1. The van der Waals surface area contributed by atoms with Gasteiger partial charge in [0.25, 0.3) is 0 Å². The highest BCUT2D eigenvalue weighted by Gasteiger charge is 2.21. The Morgan fingerprint density at radius 3 is 2.95 bits per heavy atom. The van der Waals surface area contributed by atoms with Crippen molar-refractivity contribution in [2.45, 2.75) is 11.0 Å². The van der Waals surface area contributed by atoms with Gasteiger partial charge < -0.3 is 10.1 Å². The van der Waals surface area contributed by atoms with E-state index < -0.39 is 15.8 Å². The molecule has 8 heteroatoms. The molecule has 1 aliphatic rings. The minimum Gasteiger partial charge on any atom is -0.374 e. The average molecular weight is 353 g/mol. The van der Waals surface area contributed by atoms with Crippen molar-refractivity contribution >= 4 is 26.0 Å². The highest BCUT2D eigenvalue weighted by atomic mass is 79.9. The van der Waals surface area contributed by atoms with E-state index in [1.807, 2.05) is 0 Å². The first-order chi connectivity index (χ1) is 8.99. The lowest BCUT2D eigenvalue weighted by Gasteiger charge is -2.23. The lowest BCUT2D eigenvalue weighted by Crippen LogP contribution is -2.45. The van der Waals surface area contributed by atoms with Crippen LogP contribution in [0.4, 0.5) is 4.39 Å². The van der Waals surface area contributed by atoms with Crippen molar-refractivity contribution in [2.75, 3.05) is 26.2 Å². The van der Waals surface area contributed by atoms with Crippen LogP contribution in [0.2, 0.25) is 0 Å². The molecule has 0 amide bonds. The normalized spacial score (nSPS) is 20.4. The van der Waals surface area contributed by atoms with Gasteiger partial charge in [-0.05, 0) is 18.2 Å². The summed E-state index contributed by atoms with van der Waals surface area (Å²) in [4.78, 5) is -0.362. The van der Waals surface area contributed by atoms with E-state index in [2.05, 4.69) is 26.0 Å². The zero-order chi connectivity index (χ0) is 13.9. The molecule has 106 valence electrons. The predicted molar refractivity (Wildman–Crippen MR) is 71.9 cm³/mol. The molecule has 19 heavy (non-hydrogen) atoms. The van der Waals surface area contributed by atoms with Gasteiger partial charge in [0, 0.05) is 24.1 Å². The van der Waals surface area contributed by atoms with Gasteiger partial charge in [0.1, 0.15) is 10.7 Å². The van der Waals surface area contributed by atoms with Crippen molar-refractivity contribution in [3.8, 4) is 0 Å². The summed E-state index contributed by atoms with van der Waals surface area (Å²) in [5.41, 5.74) is 0. The molecule has 0 bridgehead atoms. The van der Waals surface area contributed by atoms with Crippen molar-refractivity contribution in [1.82, 2.24) is 10.0 Å². The SMILES string of the molecule is O=S(=O)(NCC1CNCCO1)c1ccc(Br)cc1F. The molecule has 2 rings (SSSR count). The van der Waals surface area contributed by atoms with E-state index in [0.29, 0.717) is 17.6 Å². The molecule has 1 atom stereocenters. The molecule has 2 N–H and O–H groups in total. The zero-order valence-corrected chi connectivity index (χ0v) is 12.4. The van der Waals surface area contributed by atoms with Crippen molar-refractivity contribution in [1.29, 1.82) is 0 Å². The molecule has 0 spiro atoms. The zero-order valence-electron chi connectivity index (χ0n) is 10.0. The minimum atomic E-state index is -3.86. The third-order valence-corrected chi connectivity index (χ3v) is 4.64. The third kappa shape index (κ3) is 3.96. The van der Waals surface area contributed by atoms with Gasteiger partial charge in [0.15, 0.2) is 0 Å². The molecule has 0 aliphatic carbocycles. The van der Waals surface area contributed by atoms with Crippen molar-refractivity contribution in [2.24, 2.45) is 0 Å². The van der Waals surface area contributed by atoms with Crippen LogP contribution in [0.1, 0.15) is 0 Å². The highest BCUT2D eigenvalue weighted by molar-refractivity contribution is 9.10. The first-order valence-electron chi connectivity index (χ1n) is 5.76. The van der Waals surface area contributed by atoms with Crippen LogP contribution in [0.15, 0.2) is 27.6 Å². The molecule has 1 fully saturated rings. The topological polar surface area (TPSA) is 67.4 Å². The van der Waals surface area contributed by atoms with Crippen LogP contribution in [0, 0.1) is 5.82 Å². The van der Waals surface area contributed by atoms with E-state index in [-0.39, 0.29) is 17.5 Å². The highest BCUT2D eigenvalue weighted by Crippen LogP contribution is 2.19. The molecule has 5 nitrogen and oxygen atoms in total. The third-order valence-electron chi connectivity index (χ3n) is 2.69. The summed E-state index contributed by atoms with van der Waals surface area (Å²) in [5, 5.41) is 3.09. The van der Waals surface area contributed by atoms with Crippen LogP contribution in [-0.4, -0.2) is 40.8 Å². The van der Waals surface area contributed by atoms with E-state index in [4.69, 9.17) is 4.74 Å². The van der Waals surface area contributed by atoms with Crippen molar-refractivity contribution in [3.63, 3.8) is 0 Å². The Morgan fingerprint density at radius 2 is 2.32 bits per heavy atom. The largest absolute Gasteiger partial charge is 0.374 e. The van der Waals surface area contributed by atoms with Gasteiger partial charge in [-0.15, -0.1) is 0 Å². The summed E-state index contributed by atoms with van der Waals surface area (Å²) in [7, 11) is -3.86. The van der Waals surface area contributed by atoms with Crippen LogP contribution in [0.5, 0.6) is 0 Å². The quantitative estimate of drug-likeness (QED) is 0.843. The second-order valence-corrected chi connectivity index (χ2v) is 6.77. The number of ether oxygens (including phenoxy) is 1. The van der Waals surface area contributed by atoms with Gasteiger partial charge in [-0.2, -0.15) is 0 Å². The Kier molecular flexibility index (Phi) is 4.91. The molecule has 0 aromatic heterocycles. The number of nitrogens with one attached hydrogen (secondary N) is 2. The first-order valence-corrected chi connectivity index (χ1v) is 8.04. The fourth-order valence-corrected chi connectivity index (χ4v) is 3.18. The first kappa shape index (κ1) is 14.9. The second-order valence-electron chi connectivity index (χ2n) is 4.12. The van der Waals surface area contributed by atoms with Crippen molar-refractivity contribution < 1.29 is 17.5 Å². The van der Waals surface area contributed by atoms with Gasteiger partial charge >= 0.3 is 0 Å². The summed E-state index contributed by atoms with van der Waals surface area (Å²) < 4.78 is 45.8. The summed E-state index contributed by atoms with van der Waals surface area (Å²) in [6.45, 7) is 1.99. The number of benzene rings is 1. The number of hydrogen-bond acceptors (Lipinski definition) is 4. The van der Waals surface area contributed by atoms with E-state index in [1.54, 1.807) is 0 Å². The second kappa shape index (κ2) is 6.27. The number of morpholine rings is 1. The fourth-order valence-electron chi connectivity index (χ4n) is 1.72. The molecule has 0 radical (unpaired) electrons. The Morgan fingerprint density at radius 1 is 1.53 bits per heavy atom. The Labute approximate surface area is 119 Å². The van der Waals surface area contributed by atoms with Gasteiger partial charge in [-0.3, -0.25) is 0 Å². The van der Waals surface area contributed by atoms with Crippen LogP contribution >= 0.6 is 15.9 Å². The summed E-state index contributed by atoms with van der Waals surface area (Å²) >= 11 is 3.08. The summed E-state index contributed by atoms with van der Waals surface area (Å²) in [6, 6.07) is 3.82. The number of hydrogen-bond donors (Lipinski definition) is 2. The van der Waals surface area contributed by atoms with Crippen LogP contribution in [0.3, 0.4) is 0 Å². The fraction of sp³-hybridized carbons (Fsp3) is 0.455. The average Bonchev–Trinajstić information content (AvgIpc) is 2.37. The Hall–Kier alpha value is -0.540. The molecule has 0 saturated carbocycles. The van der Waals surface area contributed by atoms with Crippen LogP contribution in [-0.2, 0) is 14.8 Å². The molecule has 1 aliphatic heterocycles. The predicted octanol–water partition coefficient (Wildman–Crippen LogP) is 0.855. The van der Waals surface area contributed by atoms with Gasteiger partial charge in [0.2, 0.25) is 10.0 Å². The molecular weight excluding hydrogens is 339 g/mol. The molecule has 1 aromatic rings. The van der Waals surface area contributed by atoms with E-state index in [1.165, 1.54) is 12.1 Å². The molecule has 1 aromatic carbocycles. The van der Waals surface area contributed by atoms with Crippen LogP contribution < -0.4 is 10.0 Å². The molecule has 1 unspecified atom stereocenters. The van der Waals surface area contributed by atoms with Gasteiger partial charge in [-0.25, -0.2) is 17.5 Å². The van der Waals surface area contributed by atoms with Gasteiger partial charge in [0.05, 0.1) is 12.7 Å². The lowest BCUT2D eigenvalue weighted by atomic mass is 10.3. The maximum atomic E-state index is 13.6. The maximum absolute atomic E-state index is 13.6. The number of rotatable bonds is 4. The molecule has 1 heterocycles. The lowest BCUT2D eigenvalue weighted by molar-refractivity contribution is 0.0324. The number of halogens is 2. The van der Waals surface area contributed by atoms with E-state index in [9.17, 15) is 12.8 Å². The standard InChI is InChI=1S/C11H14BrFN2O3S/c12-8-1-2-11(10(13)5-8)19(16,17)15-7-9-6-14-3-4-18-9/h1-2,5,9,14-15H,3-4,6-7H2. The Bertz CT molecular complexity index is 547. The molecular formula is C11H14BrFN2O3S. The smallest absolute Gasteiger partial charge is 0.243 e. The van der Waals surface area contributed by atoms with Crippen molar-refractivity contribution in [3.05, 3.63) is 28.5 Å². The van der Waals surface area contributed by atoms with E-state index >= 15 is 0 Å². The van der Waals surface area contributed by atoms with Gasteiger partial charge in [-0.1, -0.05) is 15.9 Å². The summed E-state index contributed by atoms with van der Waals surface area (Å²) in [6.07, 6.45) is -0.234. The minimum absolute atomic E-state index is 0.116. The molecule has 1 saturated heterocycles. The summed E-state index contributed by atoms with van der Waals surface area (Å²) in [5.74, 6) is -0.787. The monoisotopic (exact) mass is 352 g/mol. The maximum Gasteiger partial charge on any atom is 0.243 e. The van der Waals surface area contributed by atoms with E-state index in [0.717, 1.165) is 12.6 Å².